The first kappa shape index (κ1) is 28.5. The van der Waals surface area contributed by atoms with Crippen molar-refractivity contribution in [1.29, 1.82) is 0 Å². The van der Waals surface area contributed by atoms with E-state index in [0.29, 0.717) is 17.5 Å². The number of thiophene rings is 1. The Kier molecular flexibility index (Phi) is 8.18. The van der Waals surface area contributed by atoms with Crippen molar-refractivity contribution in [2.24, 2.45) is 5.92 Å². The van der Waals surface area contributed by atoms with Crippen molar-refractivity contribution >= 4 is 66.7 Å². The van der Waals surface area contributed by atoms with E-state index in [1.807, 2.05) is 25.1 Å². The second kappa shape index (κ2) is 11.5. The van der Waals surface area contributed by atoms with Gasteiger partial charge >= 0.3 is 5.97 Å². The average molecular weight is 607 g/mol. The maximum Gasteiger partial charge on any atom is 0.329 e. The molecule has 2 aromatic heterocycles. The largest absolute Gasteiger partial charge is 0.467 e. The highest BCUT2D eigenvalue weighted by Crippen LogP contribution is 2.34. The van der Waals surface area contributed by atoms with Crippen LogP contribution >= 0.6 is 22.9 Å². The molecule has 2 saturated heterocycles. The van der Waals surface area contributed by atoms with Crippen LogP contribution in [0.5, 0.6) is 0 Å². The number of esters is 1. The number of anilines is 2. The number of fused-ring (bicyclic) bond motifs is 1. The Morgan fingerprint density at radius 2 is 1.95 bits per heavy atom. The van der Waals surface area contributed by atoms with E-state index >= 15 is 0 Å². The number of rotatable bonds is 7. The summed E-state index contributed by atoms with van der Waals surface area (Å²) in [6, 6.07) is 7.59. The molecular formula is C26H31ClN6O5S2. The topological polar surface area (TPSA) is 116 Å². The zero-order valence-corrected chi connectivity index (χ0v) is 24.9. The number of halogens is 1. The normalized spacial score (nSPS) is 19.3. The van der Waals surface area contributed by atoms with Crippen LogP contribution in [0.2, 0.25) is 5.02 Å². The molecule has 1 atom stereocenters. The molecule has 214 valence electrons. The molecule has 11 nitrogen and oxygen atoms in total. The molecule has 2 fully saturated rings. The summed E-state index contributed by atoms with van der Waals surface area (Å²) < 4.78 is 34.0. The highest BCUT2D eigenvalue weighted by Gasteiger charge is 2.43. The lowest BCUT2D eigenvalue weighted by molar-refractivity contribution is -0.157. The standard InChI is InChI=1S/C26H31ClN6O5S2/c1-30(2)26-28-9-6-22(29-26)31-10-7-17(8-11-31)14-33-20(25(35)38-3)15-32(16-23(33)34)40(36,37)24-12-18-4-5-19(27)13-21(18)39-24/h4-6,9,12-13,17,20H,7-8,10-11,14-16H2,1-3H3. The van der Waals surface area contributed by atoms with Crippen LogP contribution in [0, 0.1) is 5.92 Å². The summed E-state index contributed by atoms with van der Waals surface area (Å²) in [5.74, 6) is 0.591. The maximum atomic E-state index is 13.5. The monoisotopic (exact) mass is 606 g/mol. The number of carbonyl (C=O) groups excluding carboxylic acids is 2. The third kappa shape index (κ3) is 5.73. The van der Waals surface area contributed by atoms with E-state index in [9.17, 15) is 18.0 Å². The van der Waals surface area contributed by atoms with Crippen molar-refractivity contribution < 1.29 is 22.7 Å². The second-order valence-electron chi connectivity index (χ2n) is 10.2. The van der Waals surface area contributed by atoms with Crippen LogP contribution in [0.3, 0.4) is 0 Å². The highest BCUT2D eigenvalue weighted by molar-refractivity contribution is 7.91. The fourth-order valence-corrected chi connectivity index (χ4v) is 8.34. The molecule has 1 amide bonds. The number of piperazine rings is 1. The molecule has 2 aliphatic heterocycles. The van der Waals surface area contributed by atoms with E-state index < -0.39 is 27.9 Å². The average Bonchev–Trinajstić information content (AvgIpc) is 3.38. The van der Waals surface area contributed by atoms with Crippen molar-refractivity contribution in [1.82, 2.24) is 19.2 Å². The Morgan fingerprint density at radius 1 is 1.20 bits per heavy atom. The molecule has 1 aromatic carbocycles. The van der Waals surface area contributed by atoms with Crippen LogP contribution in [0.4, 0.5) is 11.8 Å². The van der Waals surface area contributed by atoms with Crippen LogP contribution < -0.4 is 9.80 Å². The van der Waals surface area contributed by atoms with Gasteiger partial charge in [0, 0.05) is 56.2 Å². The van der Waals surface area contributed by atoms with Gasteiger partial charge in [-0.3, -0.25) is 4.79 Å². The van der Waals surface area contributed by atoms with Gasteiger partial charge in [-0.15, -0.1) is 11.3 Å². The van der Waals surface area contributed by atoms with Crippen LogP contribution in [0.25, 0.3) is 10.1 Å². The molecule has 4 heterocycles. The lowest BCUT2D eigenvalue weighted by Gasteiger charge is -2.41. The molecule has 0 bridgehead atoms. The molecule has 0 saturated carbocycles. The van der Waals surface area contributed by atoms with E-state index in [2.05, 4.69) is 14.9 Å². The Hall–Kier alpha value is -3.00. The van der Waals surface area contributed by atoms with E-state index in [0.717, 1.165) is 57.5 Å². The van der Waals surface area contributed by atoms with Crippen LogP contribution in [0.1, 0.15) is 12.8 Å². The zero-order chi connectivity index (χ0) is 28.6. The van der Waals surface area contributed by atoms with Gasteiger partial charge in [0.25, 0.3) is 10.0 Å². The Morgan fingerprint density at radius 3 is 2.65 bits per heavy atom. The number of ether oxygens (including phenoxy) is 1. The van der Waals surface area contributed by atoms with E-state index in [-0.39, 0.29) is 23.2 Å². The quantitative estimate of drug-likeness (QED) is 0.374. The molecule has 0 N–H and O–H groups in total. The van der Waals surface area contributed by atoms with Gasteiger partial charge in [0.05, 0.1) is 13.7 Å². The summed E-state index contributed by atoms with van der Waals surface area (Å²) in [6.07, 6.45) is 3.33. The SMILES string of the molecule is COC(=O)C1CN(S(=O)(=O)c2cc3ccc(Cl)cc3s2)CC(=O)N1CC1CCN(c2ccnc(N(C)C)n2)CC1. The molecule has 0 aliphatic carbocycles. The van der Waals surface area contributed by atoms with Gasteiger partial charge in [-0.25, -0.2) is 18.2 Å². The number of sulfonamides is 1. The minimum absolute atomic E-state index is 0.101. The minimum atomic E-state index is -4.02. The number of benzene rings is 1. The molecule has 0 radical (unpaired) electrons. The summed E-state index contributed by atoms with van der Waals surface area (Å²) in [5, 5.41) is 1.25. The van der Waals surface area contributed by atoms with Crippen molar-refractivity contribution in [2.75, 3.05) is 63.7 Å². The van der Waals surface area contributed by atoms with Crippen LogP contribution in [-0.2, 0) is 24.3 Å². The number of amides is 1. The van der Waals surface area contributed by atoms with E-state index in [4.69, 9.17) is 16.3 Å². The fourth-order valence-electron chi connectivity index (χ4n) is 5.11. The maximum absolute atomic E-state index is 13.5. The highest BCUT2D eigenvalue weighted by atomic mass is 35.5. The van der Waals surface area contributed by atoms with Crippen molar-refractivity contribution in [2.45, 2.75) is 23.1 Å². The number of carbonyl (C=O) groups is 2. The van der Waals surface area contributed by atoms with Gasteiger partial charge in [-0.1, -0.05) is 17.7 Å². The Bertz CT molecular complexity index is 1520. The summed E-state index contributed by atoms with van der Waals surface area (Å²) in [5.41, 5.74) is 0. The number of hydrogen-bond donors (Lipinski definition) is 0. The molecule has 2 aliphatic rings. The van der Waals surface area contributed by atoms with Gasteiger partial charge in [0.1, 0.15) is 16.1 Å². The van der Waals surface area contributed by atoms with Crippen LogP contribution in [-0.4, -0.2) is 99.4 Å². The lowest BCUT2D eigenvalue weighted by Crippen LogP contribution is -2.61. The zero-order valence-electron chi connectivity index (χ0n) is 22.5. The second-order valence-corrected chi connectivity index (χ2v) is 13.9. The summed E-state index contributed by atoms with van der Waals surface area (Å²) >= 11 is 7.15. The predicted octanol–water partition coefficient (Wildman–Crippen LogP) is 2.70. The van der Waals surface area contributed by atoms with E-state index in [1.54, 1.807) is 30.5 Å². The first-order valence-corrected chi connectivity index (χ1v) is 15.5. The minimum Gasteiger partial charge on any atom is -0.467 e. The number of nitrogens with zero attached hydrogens (tertiary/aromatic N) is 6. The van der Waals surface area contributed by atoms with Gasteiger partial charge in [-0.2, -0.15) is 9.29 Å². The first-order chi connectivity index (χ1) is 19.1. The smallest absolute Gasteiger partial charge is 0.329 e. The molecule has 5 rings (SSSR count). The van der Waals surface area contributed by atoms with Gasteiger partial charge in [0.2, 0.25) is 11.9 Å². The van der Waals surface area contributed by atoms with Gasteiger partial charge in [0.15, 0.2) is 0 Å². The third-order valence-electron chi connectivity index (χ3n) is 7.33. The van der Waals surface area contributed by atoms with E-state index in [1.165, 1.54) is 12.0 Å². The molecule has 40 heavy (non-hydrogen) atoms. The molecule has 1 unspecified atom stereocenters. The molecular weight excluding hydrogens is 576 g/mol. The van der Waals surface area contributed by atoms with Gasteiger partial charge < -0.3 is 19.4 Å². The summed E-state index contributed by atoms with van der Waals surface area (Å²) in [7, 11) is 1.01. The summed E-state index contributed by atoms with van der Waals surface area (Å²) in [4.78, 5) is 40.6. The molecule has 3 aromatic rings. The number of methoxy groups -OCH3 is 1. The molecule has 14 heteroatoms. The lowest BCUT2D eigenvalue weighted by atomic mass is 9.95. The third-order valence-corrected chi connectivity index (χ3v) is 10.9. The van der Waals surface area contributed by atoms with Crippen molar-refractivity contribution in [3.63, 3.8) is 0 Å². The summed E-state index contributed by atoms with van der Waals surface area (Å²) in [6.45, 7) is 1.35. The van der Waals surface area contributed by atoms with Gasteiger partial charge in [-0.05, 0) is 48.4 Å². The number of piperidine rings is 1. The van der Waals surface area contributed by atoms with Crippen molar-refractivity contribution in [3.05, 3.63) is 41.6 Å². The Labute approximate surface area is 242 Å². The fraction of sp³-hybridized carbons (Fsp3) is 0.462. The predicted molar refractivity (Wildman–Crippen MR) is 154 cm³/mol. The first-order valence-electron chi connectivity index (χ1n) is 12.9. The molecule has 0 spiro atoms. The Balaban J connectivity index is 1.28. The van der Waals surface area contributed by atoms with Crippen molar-refractivity contribution in [3.8, 4) is 0 Å². The number of hydrogen-bond acceptors (Lipinski definition) is 10. The van der Waals surface area contributed by atoms with Crippen LogP contribution in [0.15, 0.2) is 40.7 Å². The number of aromatic nitrogens is 2.